The summed E-state index contributed by atoms with van der Waals surface area (Å²) in [5, 5.41) is 9.37. The fourth-order valence-corrected chi connectivity index (χ4v) is 1.71. The van der Waals surface area contributed by atoms with Crippen molar-refractivity contribution in [3.05, 3.63) is 33.5 Å². The predicted molar refractivity (Wildman–Crippen MR) is 52.9 cm³/mol. The van der Waals surface area contributed by atoms with Crippen LogP contribution in [0.2, 0.25) is 0 Å². The number of aryl methyl sites for hydroxylation is 1. The summed E-state index contributed by atoms with van der Waals surface area (Å²) in [5.41, 5.74) is 6.37. The summed E-state index contributed by atoms with van der Waals surface area (Å²) in [5.74, 6) is -0.441. The first-order valence-corrected chi connectivity index (χ1v) is 4.69. The molecule has 0 saturated carbocycles. The van der Waals surface area contributed by atoms with Crippen LogP contribution < -0.4 is 5.73 Å². The number of hydrogen-bond donors (Lipinski definition) is 2. The van der Waals surface area contributed by atoms with E-state index in [1.165, 1.54) is 0 Å². The van der Waals surface area contributed by atoms with Crippen LogP contribution in [0.5, 0.6) is 0 Å². The highest BCUT2D eigenvalue weighted by Crippen LogP contribution is 2.25. The molecule has 72 valence electrons. The van der Waals surface area contributed by atoms with Gasteiger partial charge in [-0.2, -0.15) is 0 Å². The molecule has 0 fully saturated rings. The van der Waals surface area contributed by atoms with Crippen molar-refractivity contribution in [3.63, 3.8) is 0 Å². The molecule has 0 bridgehead atoms. The Hall–Kier alpha value is -0.450. The average Bonchev–Trinajstić information content (AvgIpc) is 2.10. The van der Waals surface area contributed by atoms with Crippen molar-refractivity contribution in [1.29, 1.82) is 0 Å². The van der Waals surface area contributed by atoms with Crippen molar-refractivity contribution in [3.8, 4) is 0 Å². The lowest BCUT2D eigenvalue weighted by atomic mass is 10.1. The summed E-state index contributed by atoms with van der Waals surface area (Å²) in [6, 6.07) is 3.25. The Morgan fingerprint density at radius 1 is 1.62 bits per heavy atom. The first-order chi connectivity index (χ1) is 6.06. The Balaban J connectivity index is 3.20. The van der Waals surface area contributed by atoms with Gasteiger partial charge in [-0.3, -0.25) is 0 Å². The maximum absolute atomic E-state index is 13.4. The topological polar surface area (TPSA) is 46.2 Å². The smallest absolute Gasteiger partial charge is 0.143 e. The van der Waals surface area contributed by atoms with E-state index in [1.807, 2.05) is 6.92 Å². The maximum atomic E-state index is 13.4. The molecule has 0 aliphatic rings. The second kappa shape index (κ2) is 4.17. The highest BCUT2D eigenvalue weighted by molar-refractivity contribution is 9.10. The molecule has 0 aromatic heterocycles. The van der Waals surface area contributed by atoms with Crippen molar-refractivity contribution in [2.24, 2.45) is 5.73 Å². The summed E-state index contributed by atoms with van der Waals surface area (Å²) < 4.78 is 13.7. The zero-order valence-electron chi connectivity index (χ0n) is 7.22. The summed E-state index contributed by atoms with van der Waals surface area (Å²) >= 11 is 3.07. The highest BCUT2D eigenvalue weighted by atomic mass is 79.9. The molecule has 0 heterocycles. The summed E-state index contributed by atoms with van der Waals surface area (Å²) in [4.78, 5) is 0. The van der Waals surface area contributed by atoms with Crippen LogP contribution in [0.1, 0.15) is 17.2 Å². The van der Waals surface area contributed by atoms with E-state index in [0.29, 0.717) is 4.47 Å². The largest absolute Gasteiger partial charge is 0.387 e. The van der Waals surface area contributed by atoms with Crippen LogP contribution in [0.4, 0.5) is 4.39 Å². The molecule has 0 saturated heterocycles. The van der Waals surface area contributed by atoms with E-state index < -0.39 is 11.9 Å². The van der Waals surface area contributed by atoms with Gasteiger partial charge in [0.2, 0.25) is 0 Å². The Morgan fingerprint density at radius 2 is 2.23 bits per heavy atom. The fourth-order valence-electron chi connectivity index (χ4n) is 1.12. The monoisotopic (exact) mass is 247 g/mol. The molecule has 0 aliphatic heterocycles. The maximum Gasteiger partial charge on any atom is 0.143 e. The van der Waals surface area contributed by atoms with Crippen LogP contribution in [0.15, 0.2) is 16.6 Å². The van der Waals surface area contributed by atoms with Crippen molar-refractivity contribution >= 4 is 15.9 Å². The molecule has 1 aromatic rings. The second-order valence-corrected chi connectivity index (χ2v) is 3.76. The molecule has 0 aliphatic carbocycles. The van der Waals surface area contributed by atoms with Gasteiger partial charge in [0.05, 0.1) is 10.6 Å². The number of hydrogen-bond acceptors (Lipinski definition) is 2. The minimum atomic E-state index is -0.934. The van der Waals surface area contributed by atoms with Gasteiger partial charge in [-0.25, -0.2) is 4.39 Å². The molecule has 1 atom stereocenters. The van der Waals surface area contributed by atoms with Gasteiger partial charge in [-0.1, -0.05) is 6.07 Å². The van der Waals surface area contributed by atoms with Crippen molar-refractivity contribution in [2.45, 2.75) is 13.0 Å². The van der Waals surface area contributed by atoms with Gasteiger partial charge in [0.15, 0.2) is 0 Å². The van der Waals surface area contributed by atoms with Gasteiger partial charge < -0.3 is 10.8 Å². The Morgan fingerprint density at radius 3 is 2.77 bits per heavy atom. The Kier molecular flexibility index (Phi) is 3.41. The third-order valence-corrected chi connectivity index (χ3v) is 2.36. The number of halogens is 2. The average molecular weight is 248 g/mol. The van der Waals surface area contributed by atoms with E-state index >= 15 is 0 Å². The van der Waals surface area contributed by atoms with E-state index in [1.54, 1.807) is 12.1 Å². The first kappa shape index (κ1) is 10.6. The molecular weight excluding hydrogens is 237 g/mol. The number of aliphatic hydroxyl groups is 1. The van der Waals surface area contributed by atoms with Crippen LogP contribution in [0, 0.1) is 12.7 Å². The van der Waals surface area contributed by atoms with Crippen LogP contribution in [0.3, 0.4) is 0 Å². The van der Waals surface area contributed by atoms with Gasteiger partial charge >= 0.3 is 0 Å². The minimum absolute atomic E-state index is 0.0206. The van der Waals surface area contributed by atoms with Crippen molar-refractivity contribution in [2.75, 3.05) is 6.54 Å². The Labute approximate surface area is 84.7 Å². The third-order valence-electron chi connectivity index (χ3n) is 1.78. The number of aliphatic hydroxyl groups excluding tert-OH is 1. The van der Waals surface area contributed by atoms with Gasteiger partial charge in [-0.15, -0.1) is 0 Å². The van der Waals surface area contributed by atoms with E-state index in [9.17, 15) is 9.50 Å². The van der Waals surface area contributed by atoms with Gasteiger partial charge in [0.25, 0.3) is 0 Å². The van der Waals surface area contributed by atoms with Crippen LogP contribution in [-0.4, -0.2) is 11.7 Å². The quantitative estimate of drug-likeness (QED) is 0.839. The molecule has 1 aromatic carbocycles. The standard InChI is InChI=1S/C9H11BrFNO/c1-5-2-6(8(13)4-12)9(11)7(10)3-5/h2-3,8,13H,4,12H2,1H3. The van der Waals surface area contributed by atoms with E-state index in [-0.39, 0.29) is 12.1 Å². The van der Waals surface area contributed by atoms with E-state index in [2.05, 4.69) is 15.9 Å². The summed E-state index contributed by atoms with van der Waals surface area (Å²) in [6.45, 7) is 1.85. The molecule has 2 nitrogen and oxygen atoms in total. The minimum Gasteiger partial charge on any atom is -0.387 e. The number of rotatable bonds is 2. The predicted octanol–water partition coefficient (Wildman–Crippen LogP) is 1.89. The fraction of sp³-hybridized carbons (Fsp3) is 0.333. The molecule has 4 heteroatoms. The summed E-state index contributed by atoms with van der Waals surface area (Å²) in [7, 11) is 0. The van der Waals surface area contributed by atoms with Gasteiger partial charge in [-0.05, 0) is 34.5 Å². The van der Waals surface area contributed by atoms with Gasteiger partial charge in [0, 0.05) is 12.1 Å². The number of benzene rings is 1. The normalized spacial score (nSPS) is 13.0. The first-order valence-electron chi connectivity index (χ1n) is 3.90. The van der Waals surface area contributed by atoms with Crippen LogP contribution in [-0.2, 0) is 0 Å². The zero-order valence-corrected chi connectivity index (χ0v) is 8.81. The molecule has 0 spiro atoms. The third kappa shape index (κ3) is 2.27. The molecule has 1 unspecified atom stereocenters. The molecule has 13 heavy (non-hydrogen) atoms. The Bertz CT molecular complexity index is 317. The zero-order chi connectivity index (χ0) is 10.0. The van der Waals surface area contributed by atoms with E-state index in [0.717, 1.165) is 5.56 Å². The lowest BCUT2D eigenvalue weighted by Crippen LogP contribution is -2.13. The highest BCUT2D eigenvalue weighted by Gasteiger charge is 2.13. The molecule has 1 rings (SSSR count). The van der Waals surface area contributed by atoms with E-state index in [4.69, 9.17) is 5.73 Å². The molecular formula is C9H11BrFNO. The molecule has 3 N–H and O–H groups in total. The lowest BCUT2D eigenvalue weighted by Gasteiger charge is -2.11. The summed E-state index contributed by atoms with van der Waals surface area (Å²) in [6.07, 6.45) is -0.934. The number of nitrogens with two attached hydrogens (primary N) is 1. The van der Waals surface area contributed by atoms with Crippen molar-refractivity contribution < 1.29 is 9.50 Å². The second-order valence-electron chi connectivity index (χ2n) is 2.90. The van der Waals surface area contributed by atoms with Crippen LogP contribution in [0.25, 0.3) is 0 Å². The van der Waals surface area contributed by atoms with Crippen molar-refractivity contribution in [1.82, 2.24) is 0 Å². The lowest BCUT2D eigenvalue weighted by molar-refractivity contribution is 0.181. The SMILES string of the molecule is Cc1cc(Br)c(F)c(C(O)CN)c1. The molecule has 0 radical (unpaired) electrons. The molecule has 0 amide bonds. The van der Waals surface area contributed by atoms with Crippen LogP contribution >= 0.6 is 15.9 Å². The van der Waals surface area contributed by atoms with Gasteiger partial charge in [0.1, 0.15) is 5.82 Å².